The third-order valence-corrected chi connectivity index (χ3v) is 11.7. The molecule has 4 aliphatic rings. The number of aryl methyl sites for hydroxylation is 2. The molecule has 0 spiro atoms. The van der Waals surface area contributed by atoms with Gasteiger partial charge in [0.05, 0.1) is 0 Å². The third-order valence-electron chi connectivity index (χ3n) is 11.7. The summed E-state index contributed by atoms with van der Waals surface area (Å²) in [5, 5.41) is 0. The lowest BCUT2D eigenvalue weighted by atomic mass is 9.33. The molecule has 4 heteroatoms. The summed E-state index contributed by atoms with van der Waals surface area (Å²) in [6, 6.07) is 61.1. The molecule has 7 aromatic carbocycles. The van der Waals surface area contributed by atoms with Gasteiger partial charge in [0.25, 0.3) is 6.71 Å². The Bertz CT molecular complexity index is 2400. The van der Waals surface area contributed by atoms with Gasteiger partial charge in [0.1, 0.15) is 0 Å². The second-order valence-electron chi connectivity index (χ2n) is 14.4. The molecule has 0 radical (unpaired) electrons. The van der Waals surface area contributed by atoms with Crippen molar-refractivity contribution >= 4 is 68.6 Å². The number of para-hydroxylation sites is 4. The SMILES string of the molecule is c1ccc(N(c2ccccc2)c2ccc(-c3ccc4c(c3)N(c3ccccc3)c3ccc5c6c3B4c3cccc4c3N6C(CC4)CC5)cc2)cc1. The first-order valence-corrected chi connectivity index (χ1v) is 18.4. The number of fused-ring (bicyclic) bond motifs is 3. The minimum Gasteiger partial charge on any atom is -0.339 e. The second kappa shape index (κ2) is 11.3. The quantitative estimate of drug-likeness (QED) is 0.171. The van der Waals surface area contributed by atoms with Crippen LogP contribution in [0.15, 0.2) is 164 Å². The summed E-state index contributed by atoms with van der Waals surface area (Å²) in [6.45, 7) is 0.203. The Morgan fingerprint density at radius 3 is 1.82 bits per heavy atom. The molecule has 0 aromatic heterocycles. The van der Waals surface area contributed by atoms with Crippen molar-refractivity contribution in [3.8, 4) is 11.1 Å². The molecule has 3 nitrogen and oxygen atoms in total. The summed E-state index contributed by atoms with van der Waals surface area (Å²) in [5.41, 5.74) is 20.0. The molecule has 51 heavy (non-hydrogen) atoms. The number of hydrogen-bond donors (Lipinski definition) is 0. The van der Waals surface area contributed by atoms with Gasteiger partial charge in [0.2, 0.25) is 0 Å². The monoisotopic (exact) mass is 653 g/mol. The molecule has 0 aliphatic carbocycles. The third kappa shape index (κ3) is 4.32. The highest BCUT2D eigenvalue weighted by Gasteiger charge is 2.47. The van der Waals surface area contributed by atoms with Crippen LogP contribution >= 0.6 is 0 Å². The highest BCUT2D eigenvalue weighted by Crippen LogP contribution is 2.49. The molecule has 7 aromatic rings. The van der Waals surface area contributed by atoms with Crippen molar-refractivity contribution in [2.45, 2.75) is 31.7 Å². The molecule has 1 atom stereocenters. The van der Waals surface area contributed by atoms with Crippen LogP contribution in [0.5, 0.6) is 0 Å². The van der Waals surface area contributed by atoms with Crippen molar-refractivity contribution in [3.05, 3.63) is 175 Å². The summed E-state index contributed by atoms with van der Waals surface area (Å²) in [6.07, 6.45) is 4.80. The minimum absolute atomic E-state index is 0.203. The lowest BCUT2D eigenvalue weighted by Gasteiger charge is -2.51. The van der Waals surface area contributed by atoms with E-state index in [1.807, 2.05) is 0 Å². The Labute approximate surface area is 300 Å². The fourth-order valence-corrected chi connectivity index (χ4v) is 9.50. The zero-order valence-corrected chi connectivity index (χ0v) is 28.4. The molecule has 0 saturated heterocycles. The van der Waals surface area contributed by atoms with Gasteiger partial charge in [-0.15, -0.1) is 0 Å². The fourth-order valence-electron chi connectivity index (χ4n) is 9.50. The minimum atomic E-state index is 0.203. The predicted molar refractivity (Wildman–Crippen MR) is 215 cm³/mol. The van der Waals surface area contributed by atoms with Gasteiger partial charge in [0.15, 0.2) is 0 Å². The van der Waals surface area contributed by atoms with E-state index >= 15 is 0 Å². The Morgan fingerprint density at radius 2 is 1.12 bits per heavy atom. The highest BCUT2D eigenvalue weighted by molar-refractivity contribution is 7.00. The van der Waals surface area contributed by atoms with E-state index in [1.165, 1.54) is 86.3 Å². The van der Waals surface area contributed by atoms with E-state index in [4.69, 9.17) is 0 Å². The van der Waals surface area contributed by atoms with E-state index < -0.39 is 0 Å². The van der Waals surface area contributed by atoms with Gasteiger partial charge in [-0.2, -0.15) is 0 Å². The number of nitrogens with zero attached hydrogens (tertiary/aromatic N) is 3. The molecule has 0 saturated carbocycles. The lowest BCUT2D eigenvalue weighted by Crippen LogP contribution is -2.64. The average Bonchev–Trinajstić information content (AvgIpc) is 3.20. The van der Waals surface area contributed by atoms with Crippen molar-refractivity contribution in [1.29, 1.82) is 0 Å². The van der Waals surface area contributed by atoms with Crippen LogP contribution in [0.1, 0.15) is 24.0 Å². The van der Waals surface area contributed by atoms with Crippen molar-refractivity contribution in [3.63, 3.8) is 0 Å². The Kier molecular flexibility index (Phi) is 6.36. The van der Waals surface area contributed by atoms with Crippen LogP contribution in [0.2, 0.25) is 0 Å². The van der Waals surface area contributed by atoms with E-state index in [0.717, 1.165) is 23.5 Å². The van der Waals surface area contributed by atoms with Crippen LogP contribution in [-0.2, 0) is 12.8 Å². The number of rotatable bonds is 5. The normalized spacial score (nSPS) is 16.0. The average molecular weight is 654 g/mol. The standard InChI is InChI=1S/C47H36BN3/c1-4-12-36(13-5-1)49(37-14-6-2-7-15-37)39-25-19-32(20-26-39)35-23-29-41-44(31-35)50(38-16-8-3-9-17-38)43-30-24-34-22-28-40-27-21-33-11-10-18-42-46(33)51(40)47(34)45(43)48(41)42/h1-20,23-26,29-31,40H,21-22,27-28H2. The maximum atomic E-state index is 2.76. The maximum absolute atomic E-state index is 2.76. The van der Waals surface area contributed by atoms with Crippen molar-refractivity contribution in [1.82, 2.24) is 0 Å². The molecule has 4 aliphatic heterocycles. The molecular weight excluding hydrogens is 617 g/mol. The number of anilines is 8. The van der Waals surface area contributed by atoms with Crippen LogP contribution in [-0.4, -0.2) is 12.8 Å². The number of hydrogen-bond acceptors (Lipinski definition) is 3. The second-order valence-corrected chi connectivity index (χ2v) is 14.4. The van der Waals surface area contributed by atoms with Gasteiger partial charge >= 0.3 is 0 Å². The van der Waals surface area contributed by atoms with E-state index in [-0.39, 0.29) is 6.71 Å². The topological polar surface area (TPSA) is 9.72 Å². The molecule has 4 heterocycles. The van der Waals surface area contributed by atoms with Gasteiger partial charge in [-0.3, -0.25) is 0 Å². The van der Waals surface area contributed by atoms with Crippen molar-refractivity contribution in [2.75, 3.05) is 14.7 Å². The molecule has 11 rings (SSSR count). The highest BCUT2D eigenvalue weighted by atomic mass is 15.2. The van der Waals surface area contributed by atoms with Crippen LogP contribution in [0.3, 0.4) is 0 Å². The van der Waals surface area contributed by atoms with E-state index in [0.29, 0.717) is 6.04 Å². The summed E-state index contributed by atoms with van der Waals surface area (Å²) in [5.74, 6) is 0. The predicted octanol–water partition coefficient (Wildman–Crippen LogP) is 9.84. The van der Waals surface area contributed by atoms with Gasteiger partial charge in [-0.05, 0) is 125 Å². The van der Waals surface area contributed by atoms with Crippen LogP contribution in [0.25, 0.3) is 11.1 Å². The molecule has 0 fully saturated rings. The maximum Gasteiger partial charge on any atom is 0.252 e. The van der Waals surface area contributed by atoms with E-state index in [9.17, 15) is 0 Å². The lowest BCUT2D eigenvalue weighted by molar-refractivity contribution is 0.519. The van der Waals surface area contributed by atoms with Crippen molar-refractivity contribution < 1.29 is 0 Å². The fraction of sp³-hybridized carbons (Fsp3) is 0.106. The smallest absolute Gasteiger partial charge is 0.252 e. The van der Waals surface area contributed by atoms with Crippen molar-refractivity contribution in [2.24, 2.45) is 0 Å². The van der Waals surface area contributed by atoms with Gasteiger partial charge in [-0.1, -0.05) is 103 Å². The molecular formula is C47H36BN3. The summed E-state index contributed by atoms with van der Waals surface area (Å²) in [7, 11) is 0. The van der Waals surface area contributed by atoms with Gasteiger partial charge in [-0.25, -0.2) is 0 Å². The van der Waals surface area contributed by atoms with Gasteiger partial charge in [0, 0.05) is 51.5 Å². The molecule has 0 N–H and O–H groups in total. The van der Waals surface area contributed by atoms with E-state index in [2.05, 4.69) is 178 Å². The van der Waals surface area contributed by atoms with Crippen LogP contribution in [0.4, 0.5) is 45.5 Å². The molecule has 1 unspecified atom stereocenters. The summed E-state index contributed by atoms with van der Waals surface area (Å²) in [4.78, 5) is 7.62. The largest absolute Gasteiger partial charge is 0.339 e. The van der Waals surface area contributed by atoms with Crippen LogP contribution in [0, 0.1) is 0 Å². The Hall–Kier alpha value is -6.00. The van der Waals surface area contributed by atoms with E-state index in [1.54, 1.807) is 0 Å². The molecule has 0 bridgehead atoms. The summed E-state index contributed by atoms with van der Waals surface area (Å²) < 4.78 is 0. The molecule has 242 valence electrons. The van der Waals surface area contributed by atoms with Crippen LogP contribution < -0.4 is 31.1 Å². The molecule has 0 amide bonds. The first-order chi connectivity index (χ1) is 25.3. The first kappa shape index (κ1) is 28.8. The Balaban J connectivity index is 1.08. The number of benzene rings is 7. The Morgan fingerprint density at radius 1 is 0.490 bits per heavy atom. The summed E-state index contributed by atoms with van der Waals surface area (Å²) >= 11 is 0. The zero-order valence-electron chi connectivity index (χ0n) is 28.4. The van der Waals surface area contributed by atoms with Gasteiger partial charge < -0.3 is 14.7 Å². The first-order valence-electron chi connectivity index (χ1n) is 18.4. The zero-order chi connectivity index (χ0) is 33.5.